The zero-order valence-corrected chi connectivity index (χ0v) is 17.3. The SMILES string of the molecule is CCOC(=O)c1cnn(-c2ccc(N3CCN(C(=O)OC(C)(C)C)CC3)cn2)c1. The van der Waals surface area contributed by atoms with Gasteiger partial charge in [0.05, 0.1) is 30.3 Å². The second-order valence-corrected chi connectivity index (χ2v) is 7.72. The first-order chi connectivity index (χ1) is 13.8. The molecule has 1 amide bonds. The highest BCUT2D eigenvalue weighted by atomic mass is 16.6. The van der Waals surface area contributed by atoms with Gasteiger partial charge in [0.15, 0.2) is 5.82 Å². The first kappa shape index (κ1) is 20.6. The Labute approximate surface area is 170 Å². The zero-order valence-electron chi connectivity index (χ0n) is 17.3. The summed E-state index contributed by atoms with van der Waals surface area (Å²) in [7, 11) is 0. The van der Waals surface area contributed by atoms with Gasteiger partial charge in [0.1, 0.15) is 5.60 Å². The van der Waals surface area contributed by atoms with Crippen molar-refractivity contribution < 1.29 is 19.1 Å². The van der Waals surface area contributed by atoms with Crippen molar-refractivity contribution in [3.05, 3.63) is 36.3 Å². The molecular weight excluding hydrogens is 374 g/mol. The van der Waals surface area contributed by atoms with Crippen LogP contribution in [0.2, 0.25) is 0 Å². The maximum Gasteiger partial charge on any atom is 0.410 e. The molecule has 29 heavy (non-hydrogen) atoms. The summed E-state index contributed by atoms with van der Waals surface area (Å²) in [4.78, 5) is 32.3. The molecule has 0 radical (unpaired) electrons. The van der Waals surface area contributed by atoms with E-state index in [1.54, 1.807) is 24.2 Å². The summed E-state index contributed by atoms with van der Waals surface area (Å²) in [5, 5.41) is 4.17. The number of anilines is 1. The van der Waals surface area contributed by atoms with Gasteiger partial charge < -0.3 is 19.3 Å². The molecule has 1 aliphatic heterocycles. The molecule has 1 fully saturated rings. The van der Waals surface area contributed by atoms with Crippen LogP contribution in [0.15, 0.2) is 30.7 Å². The van der Waals surface area contributed by atoms with Gasteiger partial charge in [0.2, 0.25) is 0 Å². The van der Waals surface area contributed by atoms with Crippen molar-refractivity contribution in [3.8, 4) is 5.82 Å². The number of aromatic nitrogens is 3. The molecule has 2 aromatic heterocycles. The van der Waals surface area contributed by atoms with Gasteiger partial charge in [-0.05, 0) is 39.8 Å². The minimum atomic E-state index is -0.492. The number of amides is 1. The number of pyridine rings is 1. The van der Waals surface area contributed by atoms with Gasteiger partial charge in [-0.15, -0.1) is 0 Å². The van der Waals surface area contributed by atoms with E-state index >= 15 is 0 Å². The number of ether oxygens (including phenoxy) is 2. The fourth-order valence-electron chi connectivity index (χ4n) is 2.94. The monoisotopic (exact) mass is 401 g/mol. The van der Waals surface area contributed by atoms with Gasteiger partial charge in [-0.2, -0.15) is 5.10 Å². The van der Waals surface area contributed by atoms with Crippen molar-refractivity contribution >= 4 is 17.7 Å². The lowest BCUT2D eigenvalue weighted by Crippen LogP contribution is -2.50. The second kappa shape index (κ2) is 8.50. The van der Waals surface area contributed by atoms with Gasteiger partial charge in [0, 0.05) is 32.4 Å². The molecule has 0 aliphatic carbocycles. The van der Waals surface area contributed by atoms with Gasteiger partial charge in [-0.25, -0.2) is 19.3 Å². The van der Waals surface area contributed by atoms with E-state index in [1.165, 1.54) is 10.9 Å². The van der Waals surface area contributed by atoms with E-state index in [0.29, 0.717) is 44.2 Å². The average Bonchev–Trinajstić information content (AvgIpc) is 3.17. The van der Waals surface area contributed by atoms with Crippen molar-refractivity contribution in [3.63, 3.8) is 0 Å². The number of piperazine rings is 1. The first-order valence-electron chi connectivity index (χ1n) is 9.68. The van der Waals surface area contributed by atoms with E-state index in [4.69, 9.17) is 9.47 Å². The van der Waals surface area contributed by atoms with E-state index < -0.39 is 11.6 Å². The van der Waals surface area contributed by atoms with Crippen LogP contribution in [0, 0.1) is 0 Å². The number of hydrogen-bond acceptors (Lipinski definition) is 7. The lowest BCUT2D eigenvalue weighted by Gasteiger charge is -2.36. The summed E-state index contributed by atoms with van der Waals surface area (Å²) in [5.41, 5.74) is 0.861. The number of carbonyl (C=O) groups excluding carboxylic acids is 2. The number of hydrogen-bond donors (Lipinski definition) is 0. The molecule has 9 nitrogen and oxygen atoms in total. The van der Waals surface area contributed by atoms with Gasteiger partial charge >= 0.3 is 12.1 Å². The Morgan fingerprint density at radius 2 is 1.83 bits per heavy atom. The van der Waals surface area contributed by atoms with E-state index in [1.807, 2.05) is 32.9 Å². The zero-order chi connectivity index (χ0) is 21.0. The minimum absolute atomic E-state index is 0.276. The van der Waals surface area contributed by atoms with Crippen LogP contribution in [0.1, 0.15) is 38.1 Å². The molecule has 156 valence electrons. The molecule has 0 atom stereocenters. The van der Waals surface area contributed by atoms with E-state index in [0.717, 1.165) is 5.69 Å². The van der Waals surface area contributed by atoms with E-state index in [9.17, 15) is 9.59 Å². The summed E-state index contributed by atoms with van der Waals surface area (Å²) in [5.74, 6) is 0.204. The third-order valence-electron chi connectivity index (χ3n) is 4.36. The molecule has 3 rings (SSSR count). The molecule has 0 bridgehead atoms. The Bertz CT molecular complexity index is 849. The van der Waals surface area contributed by atoms with Crippen LogP contribution in [0.5, 0.6) is 0 Å². The Balaban J connectivity index is 1.59. The standard InChI is InChI=1S/C20H27N5O4/c1-5-28-18(26)15-12-22-25(14-15)17-7-6-16(13-21-17)23-8-10-24(11-9-23)19(27)29-20(2,3)4/h6-7,12-14H,5,8-11H2,1-4H3. The molecule has 0 spiro atoms. The Morgan fingerprint density at radius 3 is 2.41 bits per heavy atom. The quantitative estimate of drug-likeness (QED) is 0.727. The lowest BCUT2D eigenvalue weighted by molar-refractivity contribution is 0.0240. The molecule has 0 aromatic carbocycles. The predicted molar refractivity (Wildman–Crippen MR) is 107 cm³/mol. The molecule has 0 saturated carbocycles. The van der Waals surface area contributed by atoms with E-state index in [2.05, 4.69) is 15.0 Å². The normalized spacial score (nSPS) is 14.6. The molecule has 1 saturated heterocycles. The fraction of sp³-hybridized carbons (Fsp3) is 0.500. The molecule has 0 unspecified atom stereocenters. The van der Waals surface area contributed by atoms with Crippen molar-refractivity contribution in [1.82, 2.24) is 19.7 Å². The van der Waals surface area contributed by atoms with Crippen molar-refractivity contribution in [2.45, 2.75) is 33.3 Å². The Kier molecular flexibility index (Phi) is 6.05. The third-order valence-corrected chi connectivity index (χ3v) is 4.36. The number of esters is 1. The van der Waals surface area contributed by atoms with Crippen LogP contribution < -0.4 is 4.90 Å². The molecule has 0 N–H and O–H groups in total. The maximum absolute atomic E-state index is 12.2. The van der Waals surface area contributed by atoms with Gasteiger partial charge in [0.25, 0.3) is 0 Å². The van der Waals surface area contributed by atoms with Gasteiger partial charge in [-0.1, -0.05) is 0 Å². The summed E-state index contributed by atoms with van der Waals surface area (Å²) < 4.78 is 11.9. The minimum Gasteiger partial charge on any atom is -0.462 e. The average molecular weight is 401 g/mol. The topological polar surface area (TPSA) is 89.8 Å². The van der Waals surface area contributed by atoms with Crippen LogP contribution in [0.3, 0.4) is 0 Å². The molecule has 2 aromatic rings. The maximum atomic E-state index is 12.2. The van der Waals surface area contributed by atoms with E-state index in [-0.39, 0.29) is 6.09 Å². The summed E-state index contributed by atoms with van der Waals surface area (Å²) in [6, 6.07) is 3.80. The highest BCUT2D eigenvalue weighted by Crippen LogP contribution is 2.18. The molecular formula is C20H27N5O4. The summed E-state index contributed by atoms with van der Waals surface area (Å²) in [6.45, 7) is 10.3. The molecule has 9 heteroatoms. The number of carbonyl (C=O) groups is 2. The predicted octanol–water partition coefficient (Wildman–Crippen LogP) is 2.50. The smallest absolute Gasteiger partial charge is 0.410 e. The fourth-order valence-corrected chi connectivity index (χ4v) is 2.94. The Morgan fingerprint density at radius 1 is 1.10 bits per heavy atom. The summed E-state index contributed by atoms with van der Waals surface area (Å²) in [6.07, 6.45) is 4.55. The molecule has 3 heterocycles. The number of nitrogens with zero attached hydrogens (tertiary/aromatic N) is 5. The number of rotatable bonds is 4. The highest BCUT2D eigenvalue weighted by molar-refractivity contribution is 5.88. The Hall–Kier alpha value is -3.10. The van der Waals surface area contributed by atoms with Crippen molar-refractivity contribution in [2.75, 3.05) is 37.7 Å². The largest absolute Gasteiger partial charge is 0.462 e. The van der Waals surface area contributed by atoms with Crippen LogP contribution in [-0.2, 0) is 9.47 Å². The van der Waals surface area contributed by atoms with Crippen molar-refractivity contribution in [1.29, 1.82) is 0 Å². The van der Waals surface area contributed by atoms with Gasteiger partial charge in [-0.3, -0.25) is 0 Å². The first-order valence-corrected chi connectivity index (χ1v) is 9.68. The van der Waals surface area contributed by atoms with Crippen LogP contribution >= 0.6 is 0 Å². The second-order valence-electron chi connectivity index (χ2n) is 7.72. The molecule has 1 aliphatic rings. The van der Waals surface area contributed by atoms with Crippen molar-refractivity contribution in [2.24, 2.45) is 0 Å². The third kappa shape index (κ3) is 5.24. The van der Waals surface area contributed by atoms with Crippen LogP contribution in [-0.4, -0.2) is 70.1 Å². The summed E-state index contributed by atoms with van der Waals surface area (Å²) >= 11 is 0. The van der Waals surface area contributed by atoms with Crippen LogP contribution in [0.25, 0.3) is 5.82 Å². The highest BCUT2D eigenvalue weighted by Gasteiger charge is 2.26. The lowest BCUT2D eigenvalue weighted by atomic mass is 10.2. The van der Waals surface area contributed by atoms with Crippen LogP contribution in [0.4, 0.5) is 10.5 Å².